The molecule has 30 heavy (non-hydrogen) atoms. The Kier molecular flexibility index (Phi) is 5.83. The van der Waals surface area contributed by atoms with Crippen LogP contribution in [-0.2, 0) is 16.1 Å². The van der Waals surface area contributed by atoms with Gasteiger partial charge in [-0.05, 0) is 77.3 Å². The third-order valence-corrected chi connectivity index (χ3v) is 5.61. The molecule has 2 unspecified atom stereocenters. The maximum Gasteiger partial charge on any atom is 0.337 e. The lowest BCUT2D eigenvalue weighted by Crippen LogP contribution is -2.41. The highest BCUT2D eigenvalue weighted by atomic mass is 19.1. The van der Waals surface area contributed by atoms with Gasteiger partial charge in [-0.1, -0.05) is 12.1 Å². The van der Waals surface area contributed by atoms with Gasteiger partial charge in [-0.3, -0.25) is 0 Å². The van der Waals surface area contributed by atoms with Crippen LogP contribution in [0.5, 0.6) is 0 Å². The molecule has 0 bridgehead atoms. The van der Waals surface area contributed by atoms with E-state index in [0.29, 0.717) is 5.57 Å². The molecule has 6 heteroatoms. The topological polar surface area (TPSA) is 63.5 Å². The molecule has 1 aliphatic rings. The predicted molar refractivity (Wildman–Crippen MR) is 117 cm³/mol. The molecule has 5 nitrogen and oxygen atoms in total. The van der Waals surface area contributed by atoms with Crippen molar-refractivity contribution in [1.82, 2.24) is 4.57 Å². The van der Waals surface area contributed by atoms with Crippen LogP contribution in [0.4, 0.5) is 10.2 Å². The number of anilines is 1. The van der Waals surface area contributed by atoms with Crippen LogP contribution in [0.15, 0.2) is 29.8 Å². The molecular formula is C24H31FN2O3. The Bertz CT molecular complexity index is 997. The number of carboxylic acid groups (broad SMARTS) is 1. The average Bonchev–Trinajstić information content (AvgIpc) is 2.88. The van der Waals surface area contributed by atoms with E-state index in [1.54, 1.807) is 12.1 Å². The summed E-state index contributed by atoms with van der Waals surface area (Å²) in [5.41, 5.74) is 4.73. The van der Waals surface area contributed by atoms with Crippen molar-refractivity contribution in [3.63, 3.8) is 0 Å². The second kappa shape index (κ2) is 7.91. The van der Waals surface area contributed by atoms with Crippen LogP contribution in [0.3, 0.4) is 0 Å². The average molecular weight is 415 g/mol. The van der Waals surface area contributed by atoms with Crippen molar-refractivity contribution in [3.05, 3.63) is 58.0 Å². The van der Waals surface area contributed by atoms with Gasteiger partial charge in [0.2, 0.25) is 0 Å². The van der Waals surface area contributed by atoms with Crippen LogP contribution < -0.4 is 5.32 Å². The minimum atomic E-state index is -1.13. The fourth-order valence-electron chi connectivity index (χ4n) is 4.24. The highest BCUT2D eigenvalue weighted by Crippen LogP contribution is 2.44. The molecular weight excluding hydrogens is 383 g/mol. The second-order valence-corrected chi connectivity index (χ2v) is 8.83. The zero-order valence-electron chi connectivity index (χ0n) is 18.8. The summed E-state index contributed by atoms with van der Waals surface area (Å²) in [6, 6.07) is 5.96. The molecule has 0 saturated heterocycles. The van der Waals surface area contributed by atoms with E-state index in [2.05, 4.69) is 23.7 Å². The van der Waals surface area contributed by atoms with Crippen LogP contribution in [0.1, 0.15) is 57.0 Å². The quantitative estimate of drug-likeness (QED) is 0.710. The van der Waals surface area contributed by atoms with E-state index < -0.39 is 17.7 Å². The van der Waals surface area contributed by atoms with Gasteiger partial charge in [-0.15, -0.1) is 0 Å². The molecule has 0 amide bonds. The van der Waals surface area contributed by atoms with Crippen LogP contribution in [0.25, 0.3) is 5.57 Å². The number of halogens is 1. The summed E-state index contributed by atoms with van der Waals surface area (Å²) in [4.78, 5) is 12.3. The highest BCUT2D eigenvalue weighted by molar-refractivity contribution is 5.96. The van der Waals surface area contributed by atoms with Gasteiger partial charge in [0.1, 0.15) is 11.6 Å². The first-order valence-corrected chi connectivity index (χ1v) is 10.3. The minimum Gasteiger partial charge on any atom is -0.479 e. The monoisotopic (exact) mass is 414 g/mol. The molecule has 2 aromatic rings. The van der Waals surface area contributed by atoms with Gasteiger partial charge in [0.15, 0.2) is 6.10 Å². The molecule has 1 aromatic carbocycles. The number of carbonyl (C=O) groups is 1. The molecule has 0 aliphatic carbocycles. The fraction of sp³-hybridized carbons (Fsp3) is 0.458. The van der Waals surface area contributed by atoms with Gasteiger partial charge < -0.3 is 19.7 Å². The zero-order valence-corrected chi connectivity index (χ0v) is 18.8. The predicted octanol–water partition coefficient (Wildman–Crippen LogP) is 5.15. The third kappa shape index (κ3) is 3.88. The van der Waals surface area contributed by atoms with Crippen LogP contribution in [-0.4, -0.2) is 33.4 Å². The molecule has 2 N–H and O–H groups in total. The van der Waals surface area contributed by atoms with Crippen molar-refractivity contribution < 1.29 is 19.0 Å². The number of aromatic nitrogens is 1. The van der Waals surface area contributed by atoms with Crippen molar-refractivity contribution >= 4 is 17.4 Å². The van der Waals surface area contributed by atoms with Gasteiger partial charge in [-0.25, -0.2) is 9.18 Å². The zero-order chi connectivity index (χ0) is 22.4. The Hall–Kier alpha value is -2.60. The molecule has 0 saturated carbocycles. The summed E-state index contributed by atoms with van der Waals surface area (Å²) in [5, 5.41) is 13.6. The molecule has 2 atom stereocenters. The Balaban J connectivity index is 2.39. The van der Waals surface area contributed by atoms with Crippen molar-refractivity contribution in [2.75, 3.05) is 5.32 Å². The number of carboxylic acids is 1. The van der Waals surface area contributed by atoms with E-state index >= 15 is 0 Å². The largest absolute Gasteiger partial charge is 0.479 e. The summed E-state index contributed by atoms with van der Waals surface area (Å²) < 4.78 is 21.9. The first-order chi connectivity index (χ1) is 14.0. The van der Waals surface area contributed by atoms with Crippen LogP contribution in [0, 0.1) is 19.7 Å². The number of ether oxygens (including phenoxy) is 1. The lowest BCUT2D eigenvalue weighted by Gasteiger charge is -2.35. The SMILES string of the molecule is CCn1c(C)c(C)c2c1NC(C)C(C(OC(C)(C)C)C(=O)O)=C2c1ccc(F)cc1. The van der Waals surface area contributed by atoms with E-state index in [4.69, 9.17) is 4.74 Å². The lowest BCUT2D eigenvalue weighted by atomic mass is 9.83. The number of rotatable bonds is 5. The van der Waals surface area contributed by atoms with Crippen molar-refractivity contribution in [2.45, 2.75) is 72.8 Å². The smallest absolute Gasteiger partial charge is 0.337 e. The molecule has 1 aliphatic heterocycles. The number of benzene rings is 1. The molecule has 1 aromatic heterocycles. The molecule has 0 spiro atoms. The number of aliphatic carboxylic acids is 1. The fourth-order valence-corrected chi connectivity index (χ4v) is 4.24. The standard InChI is InChI=1S/C24H31FN2O3/c1-8-27-15(4)13(2)18-20(16-9-11-17(25)12-10-16)19(14(3)26-22(18)27)21(23(28)29)30-24(5,6)7/h9-12,14,21,26H,8H2,1-7H3,(H,28,29). The van der Waals surface area contributed by atoms with E-state index in [-0.39, 0.29) is 11.9 Å². The van der Waals surface area contributed by atoms with Crippen molar-refractivity contribution in [3.8, 4) is 0 Å². The number of hydrogen-bond acceptors (Lipinski definition) is 3. The van der Waals surface area contributed by atoms with Crippen LogP contribution >= 0.6 is 0 Å². The maximum atomic E-state index is 13.7. The van der Waals surface area contributed by atoms with Crippen molar-refractivity contribution in [2.24, 2.45) is 0 Å². The number of fused-ring (bicyclic) bond motifs is 1. The highest BCUT2D eigenvalue weighted by Gasteiger charge is 2.39. The van der Waals surface area contributed by atoms with Gasteiger partial charge in [0.25, 0.3) is 0 Å². The number of hydrogen-bond donors (Lipinski definition) is 2. The normalized spacial score (nSPS) is 17.5. The van der Waals surface area contributed by atoms with Gasteiger partial charge in [-0.2, -0.15) is 0 Å². The molecule has 0 radical (unpaired) electrons. The summed E-state index contributed by atoms with van der Waals surface area (Å²) in [5.74, 6) is -0.410. The Morgan fingerprint density at radius 3 is 2.37 bits per heavy atom. The molecule has 0 fully saturated rings. The van der Waals surface area contributed by atoms with Crippen molar-refractivity contribution in [1.29, 1.82) is 0 Å². The Morgan fingerprint density at radius 1 is 1.27 bits per heavy atom. The minimum absolute atomic E-state index is 0.278. The first-order valence-electron chi connectivity index (χ1n) is 10.3. The van der Waals surface area contributed by atoms with E-state index in [1.165, 1.54) is 12.1 Å². The Morgan fingerprint density at radius 2 is 1.87 bits per heavy atom. The Labute approximate surface area is 177 Å². The molecule has 3 rings (SSSR count). The molecule has 2 heterocycles. The second-order valence-electron chi connectivity index (χ2n) is 8.83. The van der Waals surface area contributed by atoms with E-state index in [9.17, 15) is 14.3 Å². The summed E-state index contributed by atoms with van der Waals surface area (Å²) in [6.45, 7) is 14.4. The first kappa shape index (κ1) is 22.1. The van der Waals surface area contributed by atoms with Gasteiger partial charge in [0.05, 0.1) is 5.60 Å². The maximum absolute atomic E-state index is 13.7. The summed E-state index contributed by atoms with van der Waals surface area (Å²) in [7, 11) is 0. The lowest BCUT2D eigenvalue weighted by molar-refractivity contribution is -0.155. The van der Waals surface area contributed by atoms with Gasteiger partial charge >= 0.3 is 5.97 Å². The summed E-state index contributed by atoms with van der Waals surface area (Å²) >= 11 is 0. The molecule has 162 valence electrons. The summed E-state index contributed by atoms with van der Waals surface area (Å²) in [6.07, 6.45) is -1.13. The van der Waals surface area contributed by atoms with Crippen LogP contribution in [0.2, 0.25) is 0 Å². The van der Waals surface area contributed by atoms with Gasteiger partial charge in [0, 0.05) is 29.4 Å². The number of nitrogens with zero attached hydrogens (tertiary/aromatic N) is 1. The number of nitrogens with one attached hydrogen (secondary N) is 1. The third-order valence-electron chi connectivity index (χ3n) is 5.61. The van der Waals surface area contributed by atoms with E-state index in [1.807, 2.05) is 34.6 Å². The van der Waals surface area contributed by atoms with E-state index in [0.717, 1.165) is 40.3 Å².